The number of urea groups is 1. The third-order valence-electron chi connectivity index (χ3n) is 5.37. The van der Waals surface area contributed by atoms with Gasteiger partial charge < -0.3 is 9.73 Å². The first-order valence-corrected chi connectivity index (χ1v) is 9.66. The second kappa shape index (κ2) is 6.59. The second-order valence-corrected chi connectivity index (χ2v) is 7.58. The Bertz CT molecular complexity index is 995. The largest absolute Gasteiger partial charge is 0.456 e. The summed E-state index contributed by atoms with van der Waals surface area (Å²) >= 11 is 6.17. The number of hydrogen-bond acceptors (Lipinski definition) is 3. The predicted octanol–water partition coefficient (Wildman–Crippen LogP) is 4.76. The smallest absolute Gasteiger partial charge is 0.323 e. The minimum absolute atomic E-state index is 0.0964. The van der Waals surface area contributed by atoms with Crippen molar-refractivity contribution in [3.63, 3.8) is 0 Å². The van der Waals surface area contributed by atoms with E-state index in [0.717, 1.165) is 35.5 Å². The molecular weight excluding hydrogens is 362 g/mol. The van der Waals surface area contributed by atoms with E-state index >= 15 is 0 Å². The van der Waals surface area contributed by atoms with Gasteiger partial charge in [0, 0.05) is 16.5 Å². The molecule has 0 saturated carbocycles. The van der Waals surface area contributed by atoms with Crippen LogP contribution in [0.4, 0.5) is 10.5 Å². The maximum atomic E-state index is 13.1. The van der Waals surface area contributed by atoms with Crippen LogP contribution in [0.5, 0.6) is 0 Å². The van der Waals surface area contributed by atoms with Crippen molar-refractivity contribution in [1.82, 2.24) is 10.2 Å². The quantitative estimate of drug-likeness (QED) is 0.711. The van der Waals surface area contributed by atoms with Crippen LogP contribution in [0, 0.1) is 0 Å². The number of carbonyl (C=O) groups is 1. The molecule has 2 aliphatic heterocycles. The summed E-state index contributed by atoms with van der Waals surface area (Å²) in [6.45, 7) is 2.60. The highest BCUT2D eigenvalue weighted by atomic mass is 35.5. The Hall–Kier alpha value is -2.50. The number of nitrogens with one attached hydrogen (secondary N) is 1. The van der Waals surface area contributed by atoms with Crippen LogP contribution < -0.4 is 10.2 Å². The Balaban J connectivity index is 1.66. The number of anilines is 1. The molecule has 0 radical (unpaired) electrons. The fourth-order valence-electron chi connectivity index (χ4n) is 4.06. The van der Waals surface area contributed by atoms with Gasteiger partial charge in [0.25, 0.3) is 0 Å². The molecule has 5 rings (SSSR count). The van der Waals surface area contributed by atoms with Crippen LogP contribution in [0.25, 0.3) is 11.0 Å². The number of hydrogen-bond donors (Lipinski definition) is 1. The van der Waals surface area contributed by atoms with E-state index in [9.17, 15) is 4.79 Å². The van der Waals surface area contributed by atoms with Gasteiger partial charge in [-0.3, -0.25) is 9.80 Å². The van der Waals surface area contributed by atoms with Crippen molar-refractivity contribution in [1.29, 1.82) is 0 Å². The normalized spacial score (nSPS) is 20.1. The molecule has 2 aromatic carbocycles. The van der Waals surface area contributed by atoms with Crippen molar-refractivity contribution < 1.29 is 9.21 Å². The summed E-state index contributed by atoms with van der Waals surface area (Å²) in [6, 6.07) is 15.1. The zero-order valence-corrected chi connectivity index (χ0v) is 15.6. The van der Waals surface area contributed by atoms with Gasteiger partial charge in [0.05, 0.1) is 12.4 Å². The van der Waals surface area contributed by atoms with Crippen LogP contribution in [0.15, 0.2) is 52.9 Å². The van der Waals surface area contributed by atoms with Crippen molar-refractivity contribution in [2.75, 3.05) is 24.7 Å². The van der Waals surface area contributed by atoms with Crippen LogP contribution in [0.3, 0.4) is 0 Å². The van der Waals surface area contributed by atoms with Crippen molar-refractivity contribution in [3.8, 4) is 0 Å². The van der Waals surface area contributed by atoms with E-state index in [0.29, 0.717) is 17.3 Å². The molecule has 1 unspecified atom stereocenters. The molecule has 1 fully saturated rings. The lowest BCUT2D eigenvalue weighted by Gasteiger charge is -2.34. The van der Waals surface area contributed by atoms with E-state index in [1.807, 2.05) is 48.5 Å². The number of halogens is 1. The molecule has 0 aliphatic carbocycles. The Morgan fingerprint density at radius 1 is 1.11 bits per heavy atom. The Kier molecular flexibility index (Phi) is 4.06. The van der Waals surface area contributed by atoms with E-state index in [2.05, 4.69) is 10.2 Å². The molecule has 138 valence electrons. The van der Waals surface area contributed by atoms with E-state index in [-0.39, 0.29) is 12.1 Å². The van der Waals surface area contributed by atoms with Gasteiger partial charge in [0.1, 0.15) is 11.6 Å². The molecule has 1 aromatic heterocycles. The molecule has 2 amide bonds. The van der Waals surface area contributed by atoms with Gasteiger partial charge in [-0.1, -0.05) is 41.9 Å². The molecule has 0 bridgehead atoms. The number of likely N-dealkylation sites (tertiary alicyclic amines) is 1. The maximum Gasteiger partial charge on any atom is 0.323 e. The molecule has 3 heterocycles. The minimum atomic E-state index is -0.310. The molecule has 3 aromatic rings. The van der Waals surface area contributed by atoms with Gasteiger partial charge in [-0.25, -0.2) is 4.79 Å². The Morgan fingerprint density at radius 3 is 2.67 bits per heavy atom. The third-order valence-corrected chi connectivity index (χ3v) is 5.61. The molecule has 5 nitrogen and oxygen atoms in total. The summed E-state index contributed by atoms with van der Waals surface area (Å²) in [5, 5.41) is 4.66. The van der Waals surface area contributed by atoms with Gasteiger partial charge in [-0.2, -0.15) is 0 Å². The average Bonchev–Trinajstić information content (AvgIpc) is 3.31. The monoisotopic (exact) mass is 381 g/mol. The summed E-state index contributed by atoms with van der Waals surface area (Å²) in [6.07, 6.45) is 2.35. The number of furan rings is 1. The van der Waals surface area contributed by atoms with Crippen LogP contribution in [-0.4, -0.2) is 30.7 Å². The SMILES string of the molecule is O=C1NC(c2ccccc2)c2oc3cc(Cl)ccc3c2N1CN1CCCC1. The summed E-state index contributed by atoms with van der Waals surface area (Å²) in [4.78, 5) is 17.2. The molecule has 1 N–H and O–H groups in total. The van der Waals surface area contributed by atoms with Gasteiger partial charge in [0.15, 0.2) is 5.76 Å². The van der Waals surface area contributed by atoms with Gasteiger partial charge >= 0.3 is 6.03 Å². The Morgan fingerprint density at radius 2 is 1.89 bits per heavy atom. The topological polar surface area (TPSA) is 48.7 Å². The molecular formula is C21H20ClN3O2. The number of nitrogens with zero attached hydrogens (tertiary/aromatic N) is 2. The molecule has 6 heteroatoms. The lowest BCUT2D eigenvalue weighted by molar-refractivity contribution is 0.233. The Labute approximate surface area is 162 Å². The van der Waals surface area contributed by atoms with Crippen LogP contribution in [0.1, 0.15) is 30.2 Å². The van der Waals surface area contributed by atoms with Gasteiger partial charge in [0.2, 0.25) is 0 Å². The van der Waals surface area contributed by atoms with Crippen molar-refractivity contribution in [2.24, 2.45) is 0 Å². The first kappa shape index (κ1) is 16.7. The molecule has 1 atom stereocenters. The lowest BCUT2D eigenvalue weighted by Crippen LogP contribution is -2.50. The van der Waals surface area contributed by atoms with E-state index in [4.69, 9.17) is 16.0 Å². The third kappa shape index (κ3) is 2.87. The second-order valence-electron chi connectivity index (χ2n) is 7.14. The number of amides is 2. The van der Waals surface area contributed by atoms with Crippen molar-refractivity contribution in [2.45, 2.75) is 18.9 Å². The summed E-state index contributed by atoms with van der Waals surface area (Å²) in [5.74, 6) is 0.761. The standard InChI is InChI=1S/C21H20ClN3O2/c22-15-8-9-16-17(12-15)27-20-18(14-6-2-1-3-7-14)23-21(26)25(19(16)20)13-24-10-4-5-11-24/h1-3,6-9,12,18H,4-5,10-11,13H2,(H,23,26). The van der Waals surface area contributed by atoms with Crippen LogP contribution >= 0.6 is 11.6 Å². The zero-order valence-electron chi connectivity index (χ0n) is 14.8. The van der Waals surface area contributed by atoms with E-state index in [1.165, 1.54) is 12.8 Å². The summed E-state index contributed by atoms with van der Waals surface area (Å²) in [5.41, 5.74) is 2.56. The summed E-state index contributed by atoms with van der Waals surface area (Å²) in [7, 11) is 0. The number of benzene rings is 2. The van der Waals surface area contributed by atoms with E-state index < -0.39 is 0 Å². The number of carbonyl (C=O) groups excluding carboxylic acids is 1. The zero-order chi connectivity index (χ0) is 18.4. The van der Waals surface area contributed by atoms with E-state index in [1.54, 1.807) is 4.90 Å². The maximum absolute atomic E-state index is 13.1. The fourth-order valence-corrected chi connectivity index (χ4v) is 4.22. The molecule has 0 spiro atoms. The number of rotatable bonds is 3. The van der Waals surface area contributed by atoms with Crippen molar-refractivity contribution in [3.05, 3.63) is 64.9 Å². The lowest BCUT2D eigenvalue weighted by atomic mass is 10.0. The van der Waals surface area contributed by atoms with Gasteiger partial charge in [-0.05, 0) is 43.6 Å². The minimum Gasteiger partial charge on any atom is -0.456 e. The highest BCUT2D eigenvalue weighted by Crippen LogP contribution is 2.43. The molecule has 1 saturated heterocycles. The predicted molar refractivity (Wildman–Crippen MR) is 106 cm³/mol. The van der Waals surface area contributed by atoms with Crippen molar-refractivity contribution >= 4 is 34.3 Å². The average molecular weight is 382 g/mol. The fraction of sp³-hybridized carbons (Fsp3) is 0.286. The highest BCUT2D eigenvalue weighted by Gasteiger charge is 2.37. The van der Waals surface area contributed by atoms with Crippen LogP contribution in [0.2, 0.25) is 5.02 Å². The van der Waals surface area contributed by atoms with Gasteiger partial charge in [-0.15, -0.1) is 0 Å². The molecule has 27 heavy (non-hydrogen) atoms. The highest BCUT2D eigenvalue weighted by molar-refractivity contribution is 6.31. The first-order valence-electron chi connectivity index (χ1n) is 9.28. The summed E-state index contributed by atoms with van der Waals surface area (Å²) < 4.78 is 6.22. The molecule has 2 aliphatic rings. The first-order chi connectivity index (χ1) is 13.2. The van der Waals surface area contributed by atoms with Crippen LogP contribution in [-0.2, 0) is 0 Å². The number of fused-ring (bicyclic) bond motifs is 3.